The molecule has 0 spiro atoms. The molecule has 5 nitrogen and oxygen atoms in total. The number of benzene rings is 1. The largest absolute Gasteiger partial charge is 0.481 e. The molecule has 0 radical (unpaired) electrons. The molecule has 2 rings (SSSR count). The molecule has 2 aromatic rings. The van der Waals surface area contributed by atoms with Gasteiger partial charge in [-0.2, -0.15) is 0 Å². The molecule has 0 aliphatic rings. The van der Waals surface area contributed by atoms with Gasteiger partial charge in [-0.25, -0.2) is 4.68 Å². The Balaban J connectivity index is 2.11. The van der Waals surface area contributed by atoms with Crippen LogP contribution in [0.15, 0.2) is 41.3 Å². The summed E-state index contributed by atoms with van der Waals surface area (Å²) in [6, 6.07) is 9.61. The predicted octanol–water partition coefficient (Wildman–Crippen LogP) is 1.24. The number of carboxylic acids is 1. The van der Waals surface area contributed by atoms with Crippen molar-refractivity contribution in [3.8, 4) is 0 Å². The Hall–Kier alpha value is -2.30. The summed E-state index contributed by atoms with van der Waals surface area (Å²) >= 11 is 0. The molecule has 0 saturated heterocycles. The van der Waals surface area contributed by atoms with E-state index in [9.17, 15) is 9.59 Å². The first-order valence-electron chi connectivity index (χ1n) is 5.69. The Labute approximate surface area is 104 Å². The lowest BCUT2D eigenvalue weighted by Gasteiger charge is -2.01. The van der Waals surface area contributed by atoms with Crippen LogP contribution in [0.2, 0.25) is 0 Å². The minimum absolute atomic E-state index is 0.0293. The number of aromatic nitrogens is 2. The van der Waals surface area contributed by atoms with E-state index in [1.165, 1.54) is 4.68 Å². The van der Waals surface area contributed by atoms with Crippen molar-refractivity contribution in [2.45, 2.75) is 19.4 Å². The van der Waals surface area contributed by atoms with Crippen molar-refractivity contribution < 1.29 is 9.90 Å². The molecule has 18 heavy (non-hydrogen) atoms. The summed E-state index contributed by atoms with van der Waals surface area (Å²) in [6.07, 6.45) is 1.80. The van der Waals surface area contributed by atoms with Crippen molar-refractivity contribution in [3.05, 3.63) is 58.0 Å². The zero-order valence-corrected chi connectivity index (χ0v) is 9.80. The zero-order valence-electron chi connectivity index (χ0n) is 9.80. The van der Waals surface area contributed by atoms with Crippen LogP contribution < -0.4 is 5.56 Å². The van der Waals surface area contributed by atoms with E-state index in [4.69, 9.17) is 5.11 Å². The van der Waals surface area contributed by atoms with Crippen LogP contribution in [-0.2, 0) is 17.8 Å². The highest BCUT2D eigenvalue weighted by molar-refractivity contribution is 5.67. The Morgan fingerprint density at radius 1 is 1.28 bits per heavy atom. The molecule has 0 bridgehead atoms. The van der Waals surface area contributed by atoms with Crippen molar-refractivity contribution in [2.75, 3.05) is 0 Å². The highest BCUT2D eigenvalue weighted by atomic mass is 16.4. The van der Waals surface area contributed by atoms with Crippen LogP contribution in [0.3, 0.4) is 0 Å². The lowest BCUT2D eigenvalue weighted by molar-refractivity contribution is -0.136. The van der Waals surface area contributed by atoms with Crippen molar-refractivity contribution in [1.82, 2.24) is 9.78 Å². The first-order chi connectivity index (χ1) is 8.66. The smallest absolute Gasteiger partial charge is 0.303 e. The van der Waals surface area contributed by atoms with Crippen LogP contribution in [0.25, 0.3) is 0 Å². The molecule has 94 valence electrons. The van der Waals surface area contributed by atoms with Gasteiger partial charge < -0.3 is 10.2 Å². The second-order valence-corrected chi connectivity index (χ2v) is 4.07. The number of aryl methyl sites for hydroxylation is 1. The molecular formula is C13H14N2O3. The minimum atomic E-state index is -0.898. The van der Waals surface area contributed by atoms with Crippen molar-refractivity contribution in [1.29, 1.82) is 0 Å². The third-order valence-corrected chi connectivity index (χ3v) is 2.71. The number of carboxylic acid groups (broad SMARTS) is 1. The maximum atomic E-state index is 11.9. The first-order valence-corrected chi connectivity index (χ1v) is 5.69. The summed E-state index contributed by atoms with van der Waals surface area (Å²) < 4.78 is 1.48. The molecule has 0 atom stereocenters. The van der Waals surface area contributed by atoms with Crippen LogP contribution in [-0.4, -0.2) is 20.9 Å². The Morgan fingerprint density at radius 3 is 2.67 bits per heavy atom. The number of nitrogens with one attached hydrogen (secondary N) is 1. The molecule has 0 fully saturated rings. The molecule has 2 N–H and O–H groups in total. The van der Waals surface area contributed by atoms with Gasteiger partial charge in [-0.15, -0.1) is 0 Å². The fraction of sp³-hybridized carbons (Fsp3) is 0.231. The van der Waals surface area contributed by atoms with Gasteiger partial charge >= 0.3 is 5.97 Å². The average Bonchev–Trinajstić information content (AvgIpc) is 2.70. The second kappa shape index (κ2) is 5.35. The number of rotatable bonds is 5. The van der Waals surface area contributed by atoms with Gasteiger partial charge in [0.25, 0.3) is 5.56 Å². The van der Waals surface area contributed by atoms with E-state index in [1.54, 1.807) is 6.20 Å². The lowest BCUT2D eigenvalue weighted by atomic mass is 10.2. The summed E-state index contributed by atoms with van der Waals surface area (Å²) in [5.74, 6) is -0.898. The highest BCUT2D eigenvalue weighted by Crippen LogP contribution is 2.01. The van der Waals surface area contributed by atoms with E-state index in [1.807, 2.05) is 30.3 Å². The van der Waals surface area contributed by atoms with E-state index < -0.39 is 5.97 Å². The van der Waals surface area contributed by atoms with E-state index in [0.29, 0.717) is 12.1 Å². The monoisotopic (exact) mass is 246 g/mol. The lowest BCUT2D eigenvalue weighted by Crippen LogP contribution is -2.20. The molecule has 0 saturated carbocycles. The third-order valence-electron chi connectivity index (χ3n) is 2.71. The van der Waals surface area contributed by atoms with Crippen LogP contribution in [0.4, 0.5) is 0 Å². The van der Waals surface area contributed by atoms with E-state index in [0.717, 1.165) is 5.56 Å². The maximum Gasteiger partial charge on any atom is 0.303 e. The van der Waals surface area contributed by atoms with Crippen molar-refractivity contribution >= 4 is 5.97 Å². The number of carbonyl (C=O) groups is 1. The normalized spacial score (nSPS) is 10.4. The number of H-pyrrole nitrogens is 1. The van der Waals surface area contributed by atoms with Gasteiger partial charge in [0.15, 0.2) is 0 Å². The molecule has 0 aliphatic carbocycles. The molecule has 5 heteroatoms. The van der Waals surface area contributed by atoms with Gasteiger partial charge in [0.05, 0.1) is 6.54 Å². The summed E-state index contributed by atoms with van der Waals surface area (Å²) in [7, 11) is 0. The van der Waals surface area contributed by atoms with Crippen LogP contribution in [0, 0.1) is 0 Å². The Morgan fingerprint density at radius 2 is 2.00 bits per heavy atom. The number of hydrogen-bond donors (Lipinski definition) is 2. The van der Waals surface area contributed by atoms with Gasteiger partial charge in [-0.3, -0.25) is 9.59 Å². The van der Waals surface area contributed by atoms with Crippen LogP contribution in [0.5, 0.6) is 0 Å². The minimum Gasteiger partial charge on any atom is -0.481 e. The quantitative estimate of drug-likeness (QED) is 0.833. The van der Waals surface area contributed by atoms with E-state index in [-0.39, 0.29) is 18.4 Å². The topological polar surface area (TPSA) is 75.1 Å². The van der Waals surface area contributed by atoms with Gasteiger partial charge in [-0.05, 0) is 12.0 Å². The molecular weight excluding hydrogens is 232 g/mol. The highest BCUT2D eigenvalue weighted by Gasteiger charge is 2.08. The van der Waals surface area contributed by atoms with Gasteiger partial charge in [0, 0.05) is 18.2 Å². The summed E-state index contributed by atoms with van der Waals surface area (Å²) in [5.41, 5.74) is 1.37. The SMILES string of the molecule is O=C(O)CCc1c[nH]n(Cc2ccccc2)c1=O. The zero-order chi connectivity index (χ0) is 13.0. The van der Waals surface area contributed by atoms with Gasteiger partial charge in [0.2, 0.25) is 0 Å². The summed E-state index contributed by atoms with van der Waals surface area (Å²) in [6.45, 7) is 0.465. The summed E-state index contributed by atoms with van der Waals surface area (Å²) in [5, 5.41) is 11.4. The van der Waals surface area contributed by atoms with Crippen LogP contribution in [0.1, 0.15) is 17.5 Å². The van der Waals surface area contributed by atoms with Crippen molar-refractivity contribution in [3.63, 3.8) is 0 Å². The fourth-order valence-corrected chi connectivity index (χ4v) is 1.75. The fourth-order valence-electron chi connectivity index (χ4n) is 1.75. The van der Waals surface area contributed by atoms with Crippen LogP contribution >= 0.6 is 0 Å². The van der Waals surface area contributed by atoms with Crippen molar-refractivity contribution in [2.24, 2.45) is 0 Å². The number of aliphatic carboxylic acids is 1. The molecule has 1 aromatic heterocycles. The van der Waals surface area contributed by atoms with E-state index in [2.05, 4.69) is 5.10 Å². The third kappa shape index (κ3) is 2.88. The molecule has 0 unspecified atom stereocenters. The van der Waals surface area contributed by atoms with Gasteiger partial charge in [-0.1, -0.05) is 30.3 Å². The Bertz CT molecular complexity index is 584. The number of hydrogen-bond acceptors (Lipinski definition) is 2. The second-order valence-electron chi connectivity index (χ2n) is 4.07. The standard InChI is InChI=1S/C13H14N2O3/c16-12(17)7-6-11-8-14-15(13(11)18)9-10-4-2-1-3-5-10/h1-5,8,14H,6-7,9H2,(H,16,17). The molecule has 1 heterocycles. The first kappa shape index (κ1) is 12.2. The number of nitrogens with zero attached hydrogens (tertiary/aromatic N) is 1. The van der Waals surface area contributed by atoms with E-state index >= 15 is 0 Å². The maximum absolute atomic E-state index is 11.9. The molecule has 0 aliphatic heterocycles. The average molecular weight is 246 g/mol. The Kier molecular flexibility index (Phi) is 3.62. The summed E-state index contributed by atoms with van der Waals surface area (Å²) in [4.78, 5) is 22.4. The predicted molar refractivity (Wildman–Crippen MR) is 66.6 cm³/mol. The molecule has 0 amide bonds. The molecule has 1 aromatic carbocycles. The van der Waals surface area contributed by atoms with Gasteiger partial charge in [0.1, 0.15) is 0 Å². The number of aromatic amines is 1.